The minimum Gasteiger partial charge on any atom is -0.435 e. The number of carbonyl (C=O) groups is 1. The molecule has 0 unspecified atom stereocenters. The van der Waals surface area contributed by atoms with Crippen LogP contribution in [0.5, 0.6) is 5.75 Å². The molecule has 0 spiro atoms. The van der Waals surface area contributed by atoms with E-state index in [1.165, 1.54) is 41.1 Å². The van der Waals surface area contributed by atoms with Gasteiger partial charge in [-0.15, -0.1) is 0 Å². The molecule has 0 bridgehead atoms. The summed E-state index contributed by atoms with van der Waals surface area (Å²) in [6.07, 6.45) is 1.61. The van der Waals surface area contributed by atoms with Crippen LogP contribution in [0.3, 0.4) is 0 Å². The third-order valence-corrected chi connectivity index (χ3v) is 4.62. The van der Waals surface area contributed by atoms with Crippen LogP contribution in [0, 0.1) is 12.7 Å². The molecule has 2 aromatic heterocycles. The Kier molecular flexibility index (Phi) is 5.57. The van der Waals surface area contributed by atoms with E-state index in [-0.39, 0.29) is 24.0 Å². The van der Waals surface area contributed by atoms with Gasteiger partial charge in [-0.1, -0.05) is 12.1 Å². The van der Waals surface area contributed by atoms with Crippen LogP contribution in [-0.2, 0) is 11.3 Å². The third kappa shape index (κ3) is 4.50. The van der Waals surface area contributed by atoms with Crippen LogP contribution in [0.1, 0.15) is 5.69 Å². The number of benzene rings is 2. The number of anilines is 1. The van der Waals surface area contributed by atoms with Crippen molar-refractivity contribution in [1.82, 2.24) is 14.8 Å². The molecule has 2 heterocycles. The number of hydrogen-bond donors (Lipinski definition) is 1. The standard InChI is InChI=1S/C22H17F3N4O2/c1-13-20-18(14-2-4-15(23)5-3-14)10-11-26-21(20)29(28-13)12-19(30)27-16-6-8-17(9-7-16)31-22(24)25/h2-11,22H,12H2,1H3,(H,27,30). The summed E-state index contributed by atoms with van der Waals surface area (Å²) < 4.78 is 43.5. The molecule has 4 rings (SSSR count). The minimum atomic E-state index is -2.91. The van der Waals surface area contributed by atoms with E-state index in [0.29, 0.717) is 17.0 Å². The van der Waals surface area contributed by atoms with E-state index in [0.717, 1.165) is 16.5 Å². The van der Waals surface area contributed by atoms with Crippen LogP contribution < -0.4 is 10.1 Å². The van der Waals surface area contributed by atoms with Gasteiger partial charge in [0.05, 0.1) is 5.69 Å². The van der Waals surface area contributed by atoms with Gasteiger partial charge in [0.1, 0.15) is 18.1 Å². The molecule has 0 aliphatic heterocycles. The number of nitrogens with zero attached hydrogens (tertiary/aromatic N) is 3. The Bertz CT molecular complexity index is 1220. The van der Waals surface area contributed by atoms with Gasteiger partial charge in [-0.2, -0.15) is 13.9 Å². The normalized spacial score (nSPS) is 11.1. The predicted octanol–water partition coefficient (Wildman–Crippen LogP) is 4.79. The number of aryl methyl sites for hydroxylation is 1. The van der Waals surface area contributed by atoms with Crippen molar-refractivity contribution < 1.29 is 22.7 Å². The maximum absolute atomic E-state index is 13.3. The van der Waals surface area contributed by atoms with E-state index in [2.05, 4.69) is 20.1 Å². The molecule has 6 nitrogen and oxygen atoms in total. The second-order valence-corrected chi connectivity index (χ2v) is 6.76. The highest BCUT2D eigenvalue weighted by Crippen LogP contribution is 2.30. The quantitative estimate of drug-likeness (QED) is 0.482. The summed E-state index contributed by atoms with van der Waals surface area (Å²) in [5, 5.41) is 7.90. The lowest BCUT2D eigenvalue weighted by molar-refractivity contribution is -0.116. The lowest BCUT2D eigenvalue weighted by Crippen LogP contribution is -2.19. The van der Waals surface area contributed by atoms with Crippen molar-refractivity contribution in [2.75, 3.05) is 5.32 Å². The van der Waals surface area contributed by atoms with E-state index < -0.39 is 6.61 Å². The highest BCUT2D eigenvalue weighted by atomic mass is 19.3. The van der Waals surface area contributed by atoms with Crippen molar-refractivity contribution >= 4 is 22.6 Å². The molecule has 0 aliphatic rings. The Balaban J connectivity index is 1.55. The number of aromatic nitrogens is 3. The van der Waals surface area contributed by atoms with Gasteiger partial charge in [0.25, 0.3) is 0 Å². The van der Waals surface area contributed by atoms with E-state index in [9.17, 15) is 18.0 Å². The fourth-order valence-corrected chi connectivity index (χ4v) is 3.32. The van der Waals surface area contributed by atoms with Crippen LogP contribution in [0.4, 0.5) is 18.9 Å². The van der Waals surface area contributed by atoms with Gasteiger partial charge >= 0.3 is 6.61 Å². The Hall–Kier alpha value is -3.88. The largest absolute Gasteiger partial charge is 0.435 e. The SMILES string of the molecule is Cc1nn(CC(=O)Nc2ccc(OC(F)F)cc2)c2nccc(-c3ccc(F)cc3)c12. The van der Waals surface area contributed by atoms with E-state index in [1.54, 1.807) is 18.3 Å². The second-order valence-electron chi connectivity index (χ2n) is 6.76. The molecule has 1 N–H and O–H groups in total. The monoisotopic (exact) mass is 426 g/mol. The molecule has 0 atom stereocenters. The molecule has 0 aliphatic carbocycles. The van der Waals surface area contributed by atoms with Crippen molar-refractivity contribution in [3.63, 3.8) is 0 Å². The maximum atomic E-state index is 13.3. The summed E-state index contributed by atoms with van der Waals surface area (Å²) >= 11 is 0. The molecule has 0 saturated carbocycles. The van der Waals surface area contributed by atoms with Gasteiger partial charge in [0, 0.05) is 17.3 Å². The zero-order valence-corrected chi connectivity index (χ0v) is 16.3. The molecule has 2 aromatic carbocycles. The van der Waals surface area contributed by atoms with Crippen LogP contribution in [0.25, 0.3) is 22.2 Å². The number of amides is 1. The highest BCUT2D eigenvalue weighted by molar-refractivity contribution is 5.96. The van der Waals surface area contributed by atoms with Crippen molar-refractivity contribution in [3.05, 3.63) is 72.3 Å². The molecule has 9 heteroatoms. The smallest absolute Gasteiger partial charge is 0.387 e. The fourth-order valence-electron chi connectivity index (χ4n) is 3.32. The lowest BCUT2D eigenvalue weighted by atomic mass is 10.0. The topological polar surface area (TPSA) is 69.0 Å². The molecule has 0 radical (unpaired) electrons. The zero-order valence-electron chi connectivity index (χ0n) is 16.3. The van der Waals surface area contributed by atoms with E-state index in [1.807, 2.05) is 13.0 Å². The second kappa shape index (κ2) is 8.47. The molecule has 1 amide bonds. The van der Waals surface area contributed by atoms with Gasteiger partial charge in [-0.25, -0.2) is 14.1 Å². The number of fused-ring (bicyclic) bond motifs is 1. The van der Waals surface area contributed by atoms with Crippen LogP contribution in [-0.4, -0.2) is 27.3 Å². The zero-order chi connectivity index (χ0) is 22.0. The first kappa shape index (κ1) is 20.4. The number of alkyl halides is 2. The van der Waals surface area contributed by atoms with Crippen molar-refractivity contribution in [3.8, 4) is 16.9 Å². The highest BCUT2D eigenvalue weighted by Gasteiger charge is 2.16. The molecule has 0 fully saturated rings. The number of ether oxygens (including phenoxy) is 1. The van der Waals surface area contributed by atoms with Crippen molar-refractivity contribution in [2.45, 2.75) is 20.1 Å². The van der Waals surface area contributed by atoms with Gasteiger partial charge < -0.3 is 10.1 Å². The van der Waals surface area contributed by atoms with Crippen molar-refractivity contribution in [1.29, 1.82) is 0 Å². The average molecular weight is 426 g/mol. The van der Waals surface area contributed by atoms with E-state index in [4.69, 9.17) is 0 Å². The third-order valence-electron chi connectivity index (χ3n) is 4.62. The lowest BCUT2D eigenvalue weighted by Gasteiger charge is -2.08. The minimum absolute atomic E-state index is 0.000725. The van der Waals surface area contributed by atoms with Crippen LogP contribution >= 0.6 is 0 Å². The van der Waals surface area contributed by atoms with E-state index >= 15 is 0 Å². The maximum Gasteiger partial charge on any atom is 0.387 e. The summed E-state index contributed by atoms with van der Waals surface area (Å²) in [5.41, 5.74) is 3.29. The van der Waals surface area contributed by atoms with Gasteiger partial charge in [-0.3, -0.25) is 4.79 Å². The van der Waals surface area contributed by atoms with Crippen molar-refractivity contribution in [2.24, 2.45) is 0 Å². The summed E-state index contributed by atoms with van der Waals surface area (Å²) in [5.74, 6) is -0.688. The Labute approximate surface area is 175 Å². The number of hydrogen-bond acceptors (Lipinski definition) is 4. The Morgan fingerprint density at radius 2 is 1.81 bits per heavy atom. The number of nitrogens with one attached hydrogen (secondary N) is 1. The molecule has 0 saturated heterocycles. The summed E-state index contributed by atoms with van der Waals surface area (Å²) in [6, 6.07) is 13.5. The molecule has 31 heavy (non-hydrogen) atoms. The van der Waals surface area contributed by atoms with Gasteiger partial charge in [-0.05, 0) is 60.5 Å². The Morgan fingerprint density at radius 3 is 2.48 bits per heavy atom. The molecule has 4 aromatic rings. The molecule has 158 valence electrons. The summed E-state index contributed by atoms with van der Waals surface area (Å²) in [7, 11) is 0. The first-order valence-corrected chi connectivity index (χ1v) is 9.33. The number of carbonyl (C=O) groups excluding carboxylic acids is 1. The number of rotatable bonds is 6. The van der Waals surface area contributed by atoms with Crippen LogP contribution in [0.2, 0.25) is 0 Å². The average Bonchev–Trinajstić information content (AvgIpc) is 3.05. The summed E-state index contributed by atoms with van der Waals surface area (Å²) in [4.78, 5) is 16.9. The fraction of sp³-hybridized carbons (Fsp3) is 0.136. The number of halogens is 3. The predicted molar refractivity (Wildman–Crippen MR) is 109 cm³/mol. The summed E-state index contributed by atoms with van der Waals surface area (Å²) in [6.45, 7) is -1.20. The Morgan fingerprint density at radius 1 is 1.10 bits per heavy atom. The molecular formula is C22H17F3N4O2. The first-order chi connectivity index (χ1) is 14.9. The van der Waals surface area contributed by atoms with Crippen LogP contribution in [0.15, 0.2) is 60.8 Å². The van der Waals surface area contributed by atoms with Gasteiger partial charge in [0.15, 0.2) is 5.65 Å². The number of pyridine rings is 1. The molecular weight excluding hydrogens is 409 g/mol. The first-order valence-electron chi connectivity index (χ1n) is 9.33. The van der Waals surface area contributed by atoms with Gasteiger partial charge in [0.2, 0.25) is 5.91 Å².